The second-order valence-electron chi connectivity index (χ2n) is 21.6. The van der Waals surface area contributed by atoms with Crippen LogP contribution in [0.3, 0.4) is 0 Å². The van der Waals surface area contributed by atoms with Crippen LogP contribution in [0.25, 0.3) is 27.8 Å². The van der Waals surface area contributed by atoms with Gasteiger partial charge in [0.15, 0.2) is 5.82 Å². The first-order valence-electron chi connectivity index (χ1n) is 27.5. The van der Waals surface area contributed by atoms with Gasteiger partial charge in [-0.1, -0.05) is 59.7 Å². The molecule has 21 heteroatoms. The molecular weight excluding hydrogens is 1040 g/mol. The summed E-state index contributed by atoms with van der Waals surface area (Å²) in [5.74, 6) is 0.698. The van der Waals surface area contributed by atoms with Gasteiger partial charge in [-0.05, 0) is 112 Å². The minimum absolute atomic E-state index is 0.0483. The molecule has 5 aliphatic heterocycles. The number of anilines is 2. The number of phenolic OH excluding ortho intramolecular Hbond substituents is 2. The fourth-order valence-corrected chi connectivity index (χ4v) is 12.7. The number of piperidine rings is 1. The number of likely N-dealkylation sites (N-methyl/N-ethyl adjacent to an activating group) is 1. The summed E-state index contributed by atoms with van der Waals surface area (Å²) in [6, 6.07) is 24.1. The number of benzene rings is 4. The van der Waals surface area contributed by atoms with Crippen molar-refractivity contribution in [3.8, 4) is 46.7 Å². The van der Waals surface area contributed by atoms with Crippen LogP contribution in [-0.4, -0.2) is 180 Å². The summed E-state index contributed by atoms with van der Waals surface area (Å²) >= 11 is 6.81. The number of rotatable bonds is 13. The van der Waals surface area contributed by atoms with E-state index in [-0.39, 0.29) is 84.1 Å². The molecular formula is C59H66ClN13O7. The maximum atomic E-state index is 14.2. The fraction of sp³-hybridized carbons (Fsp3) is 0.424. The number of aryl methyl sites for hydroxylation is 1. The van der Waals surface area contributed by atoms with E-state index in [0.717, 1.165) is 71.5 Å². The van der Waals surface area contributed by atoms with E-state index in [4.69, 9.17) is 26.3 Å². The van der Waals surface area contributed by atoms with Crippen LogP contribution in [0.4, 0.5) is 11.5 Å². The number of phenols is 2. The Labute approximate surface area is 469 Å². The molecule has 0 bridgehead atoms. The van der Waals surface area contributed by atoms with Gasteiger partial charge in [-0.25, -0.2) is 4.57 Å². The lowest BCUT2D eigenvalue weighted by atomic mass is 9.94. The van der Waals surface area contributed by atoms with E-state index in [1.54, 1.807) is 17.9 Å². The van der Waals surface area contributed by atoms with Gasteiger partial charge in [-0.15, -0.1) is 5.10 Å². The van der Waals surface area contributed by atoms with Crippen LogP contribution in [-0.2, 0) is 33.9 Å². The number of carbonyl (C=O) groups excluding carboxylic acids is 3. The fourth-order valence-electron chi connectivity index (χ4n) is 12.4. The summed E-state index contributed by atoms with van der Waals surface area (Å²) < 4.78 is 7.98. The van der Waals surface area contributed by atoms with E-state index in [1.807, 2.05) is 59.3 Å². The predicted molar refractivity (Wildman–Crippen MR) is 302 cm³/mol. The minimum Gasteiger partial charge on any atom is -0.508 e. The third-order valence-electron chi connectivity index (χ3n) is 16.9. The first-order chi connectivity index (χ1) is 38.8. The van der Waals surface area contributed by atoms with Gasteiger partial charge in [-0.2, -0.15) is 15.2 Å². The number of carbonyl (C=O) groups is 3. The molecule has 4 aromatic carbocycles. The maximum absolute atomic E-state index is 14.2. The first kappa shape index (κ1) is 54.0. The number of likely N-dealkylation sites (tertiary alicyclic amines) is 2. The molecule has 2 aromatic heterocycles. The average molecular weight is 1100 g/mol. The molecule has 0 aliphatic carbocycles. The maximum Gasteiger partial charge on any atom is 0.319 e. The number of piperazine rings is 2. The molecule has 5 aliphatic rings. The molecule has 6 aromatic rings. The third kappa shape index (κ3) is 10.8. The van der Waals surface area contributed by atoms with Crippen LogP contribution in [0.5, 0.6) is 23.5 Å². The molecule has 20 nitrogen and oxygen atoms in total. The van der Waals surface area contributed by atoms with Crippen LogP contribution in [0, 0.1) is 24.2 Å². The quantitative estimate of drug-likeness (QED) is 0.112. The lowest BCUT2D eigenvalue weighted by Gasteiger charge is -2.42. The summed E-state index contributed by atoms with van der Waals surface area (Å²) in [6.45, 7) is 12.4. The second-order valence-corrected chi connectivity index (χ2v) is 22.1. The van der Waals surface area contributed by atoms with Gasteiger partial charge in [0.05, 0.1) is 53.1 Å². The number of amides is 3. The topological polar surface area (TPSA) is 224 Å². The molecule has 416 valence electrons. The average Bonchev–Trinajstić information content (AvgIpc) is 4.06. The van der Waals surface area contributed by atoms with Crippen LogP contribution in [0.15, 0.2) is 85.5 Å². The Bertz CT molecular complexity index is 3370. The van der Waals surface area contributed by atoms with Crippen LogP contribution >= 0.6 is 11.6 Å². The highest BCUT2D eigenvalue weighted by Crippen LogP contribution is 2.39. The van der Waals surface area contributed by atoms with Gasteiger partial charge in [0, 0.05) is 93.6 Å². The van der Waals surface area contributed by atoms with E-state index < -0.39 is 0 Å². The van der Waals surface area contributed by atoms with Gasteiger partial charge in [0.2, 0.25) is 17.7 Å². The predicted octanol–water partition coefficient (Wildman–Crippen LogP) is 6.06. The number of halogens is 1. The first-order valence-corrected chi connectivity index (χ1v) is 27.9. The molecule has 0 saturated carbocycles. The van der Waals surface area contributed by atoms with Crippen molar-refractivity contribution in [2.24, 2.45) is 5.92 Å². The smallest absolute Gasteiger partial charge is 0.319 e. The van der Waals surface area contributed by atoms with Crippen molar-refractivity contribution in [2.75, 3.05) is 88.9 Å². The van der Waals surface area contributed by atoms with E-state index in [1.165, 1.54) is 16.7 Å². The molecule has 3 atom stereocenters. The lowest BCUT2D eigenvalue weighted by molar-refractivity contribution is -0.145. The number of nitrogens with zero attached hydrogens (tertiary/aromatic N) is 13. The Kier molecular flexibility index (Phi) is 15.5. The van der Waals surface area contributed by atoms with Crippen LogP contribution in [0.1, 0.15) is 54.5 Å². The van der Waals surface area contributed by atoms with Gasteiger partial charge in [0.25, 0.3) is 0 Å². The molecule has 3 amide bonds. The summed E-state index contributed by atoms with van der Waals surface area (Å²) in [5, 5.41) is 51.6. The highest BCUT2D eigenvalue weighted by atomic mass is 35.5. The van der Waals surface area contributed by atoms with Gasteiger partial charge >= 0.3 is 12.0 Å². The zero-order chi connectivity index (χ0) is 55.8. The SMILES string of the molecule is C=CC(=O)N1CCN(c2nc(OC[C@@H]3CC[C@H](C(=O)N4CCN(C(=O)C5CCN(Cc6ccc(-n7c(O)nnc7-c7cc(C)c(O)cc7O)cc6)CC5)CC4)N3C)nc3c2CCN(c2cccc4cccc(Cl)c24)C3)C[C@@H]1CC#N. The molecule has 4 saturated heterocycles. The molecule has 11 rings (SSSR count). The highest BCUT2D eigenvalue weighted by Gasteiger charge is 2.40. The Hall–Kier alpha value is -7.99. The van der Waals surface area contributed by atoms with Crippen molar-refractivity contribution < 1.29 is 34.4 Å². The van der Waals surface area contributed by atoms with E-state index in [0.29, 0.717) is 100 Å². The van der Waals surface area contributed by atoms with Crippen molar-refractivity contribution >= 4 is 51.6 Å². The Morgan fingerprint density at radius 1 is 0.825 bits per heavy atom. The minimum atomic E-state index is -0.337. The third-order valence-corrected chi connectivity index (χ3v) is 17.2. The molecule has 0 unspecified atom stereocenters. The molecule has 4 fully saturated rings. The molecule has 3 N–H and O–H groups in total. The summed E-state index contributed by atoms with van der Waals surface area (Å²) in [4.78, 5) is 65.5. The Morgan fingerprint density at radius 2 is 1.56 bits per heavy atom. The van der Waals surface area contributed by atoms with Crippen molar-refractivity contribution in [2.45, 2.75) is 76.7 Å². The summed E-state index contributed by atoms with van der Waals surface area (Å²) in [5.41, 5.74) is 5.42. The number of aromatic nitrogens is 5. The van der Waals surface area contributed by atoms with Crippen molar-refractivity contribution in [1.82, 2.24) is 49.2 Å². The number of hydrogen-bond acceptors (Lipinski definition) is 16. The van der Waals surface area contributed by atoms with Gasteiger partial charge in [-0.3, -0.25) is 24.2 Å². The standard InChI is InChI=1S/C59H66ClN13O7/c1-4-52(76)72-30-29-71(34-42(72)17-21-61)54-44-20-24-70(48-10-6-8-39-7-5-9-46(60)53(39)48)35-47(44)62-58(63-54)80-36-43-15-16-49(66(43)3)57(78)69-27-25-68(26-28-69)56(77)40-18-22-67(23-19-40)33-38-11-13-41(14-12-38)73-55(64-65-59(73)79)45-31-37(2)50(74)32-51(45)75/h4-14,31-32,40,42-43,49,74-75H,1,15-20,22-30,33-36H2,2-3H3,(H,65,79)/t42-,43-,49+/m0/s1. The van der Waals surface area contributed by atoms with Crippen molar-refractivity contribution in [3.05, 3.63) is 113 Å². The molecule has 0 radical (unpaired) electrons. The van der Waals surface area contributed by atoms with Crippen molar-refractivity contribution in [1.29, 1.82) is 5.26 Å². The van der Waals surface area contributed by atoms with Crippen molar-refractivity contribution in [3.63, 3.8) is 0 Å². The van der Waals surface area contributed by atoms with E-state index >= 15 is 0 Å². The zero-order valence-corrected chi connectivity index (χ0v) is 45.9. The monoisotopic (exact) mass is 1100 g/mol. The number of nitriles is 1. The summed E-state index contributed by atoms with van der Waals surface area (Å²) in [7, 11) is 1.98. The Morgan fingerprint density at radius 3 is 2.30 bits per heavy atom. The highest BCUT2D eigenvalue weighted by molar-refractivity contribution is 6.36. The van der Waals surface area contributed by atoms with E-state index in [2.05, 4.69) is 60.6 Å². The normalized spacial score (nSPS) is 20.2. The second kappa shape index (κ2) is 23.0. The number of fused-ring (bicyclic) bond motifs is 2. The van der Waals surface area contributed by atoms with Crippen LogP contribution in [0.2, 0.25) is 5.02 Å². The number of ether oxygens (including phenoxy) is 1. The molecule has 0 spiro atoms. The Balaban J connectivity index is 0.684. The number of aromatic hydroxyl groups is 3. The van der Waals surface area contributed by atoms with E-state index in [9.17, 15) is 35.0 Å². The molecule has 7 heterocycles. The van der Waals surface area contributed by atoms with Crippen LogP contribution < -0.4 is 14.5 Å². The largest absolute Gasteiger partial charge is 0.508 e. The van der Waals surface area contributed by atoms with Gasteiger partial charge < -0.3 is 44.6 Å². The number of hydrogen-bond donors (Lipinski definition) is 3. The zero-order valence-electron chi connectivity index (χ0n) is 45.1. The molecule has 80 heavy (non-hydrogen) atoms. The lowest BCUT2D eigenvalue weighted by Crippen LogP contribution is -2.56. The summed E-state index contributed by atoms with van der Waals surface area (Å²) in [6.07, 6.45) is 5.06. The van der Waals surface area contributed by atoms with Gasteiger partial charge in [0.1, 0.15) is 23.9 Å².